The Bertz CT molecular complexity index is 760. The van der Waals surface area contributed by atoms with Crippen LogP contribution in [0, 0.1) is 0 Å². The van der Waals surface area contributed by atoms with Gasteiger partial charge in [-0.3, -0.25) is 9.48 Å². The van der Waals surface area contributed by atoms with E-state index in [0.717, 1.165) is 17.5 Å². The summed E-state index contributed by atoms with van der Waals surface area (Å²) >= 11 is 0. The molecule has 0 spiro atoms. The number of amides is 1. The Morgan fingerprint density at radius 2 is 2.00 bits per heavy atom. The van der Waals surface area contributed by atoms with Crippen LogP contribution in [0.3, 0.4) is 0 Å². The van der Waals surface area contributed by atoms with Crippen molar-refractivity contribution < 1.29 is 27.1 Å². The first-order chi connectivity index (χ1) is 11.9. The Morgan fingerprint density at radius 3 is 2.64 bits per heavy atom. The van der Waals surface area contributed by atoms with Gasteiger partial charge in [0.15, 0.2) is 0 Å². The molecule has 2 aromatic rings. The fourth-order valence-corrected chi connectivity index (χ4v) is 2.43. The molecular formula is C16H15F4N3O2. The molecule has 0 bridgehead atoms. The van der Waals surface area contributed by atoms with Gasteiger partial charge in [-0.2, -0.15) is 13.9 Å². The van der Waals surface area contributed by atoms with Crippen LogP contribution in [0.4, 0.5) is 23.2 Å². The summed E-state index contributed by atoms with van der Waals surface area (Å²) in [7, 11) is 0. The maximum Gasteiger partial charge on any atom is 0.387 e. The molecule has 1 aromatic carbocycles. The minimum atomic E-state index is -3.05. The number of hydrogen-bond donors (Lipinski definition) is 1. The van der Waals surface area contributed by atoms with Crippen LogP contribution in [0.1, 0.15) is 36.6 Å². The number of hydrogen-bond acceptors (Lipinski definition) is 3. The lowest BCUT2D eigenvalue weighted by Gasteiger charge is -2.12. The van der Waals surface area contributed by atoms with Crippen molar-refractivity contribution in [2.24, 2.45) is 0 Å². The zero-order valence-corrected chi connectivity index (χ0v) is 13.0. The largest absolute Gasteiger partial charge is 0.433 e. The molecule has 0 unspecified atom stereocenters. The third-order valence-electron chi connectivity index (χ3n) is 3.72. The highest BCUT2D eigenvalue weighted by Gasteiger charge is 2.29. The van der Waals surface area contributed by atoms with Crippen molar-refractivity contribution in [2.45, 2.75) is 38.3 Å². The van der Waals surface area contributed by atoms with Crippen molar-refractivity contribution in [1.82, 2.24) is 9.78 Å². The SMILES string of the molecule is O=C(Cn1nc(C2CC2)cc1C(F)F)Nc1ccccc1OC(F)F. The van der Waals surface area contributed by atoms with E-state index in [-0.39, 0.29) is 23.0 Å². The maximum atomic E-state index is 13.1. The molecule has 1 heterocycles. The van der Waals surface area contributed by atoms with E-state index in [1.807, 2.05) is 0 Å². The van der Waals surface area contributed by atoms with Crippen molar-refractivity contribution in [2.75, 3.05) is 5.32 Å². The monoisotopic (exact) mass is 357 g/mol. The minimum Gasteiger partial charge on any atom is -0.433 e. The fraction of sp³-hybridized carbons (Fsp3) is 0.375. The molecule has 1 aliphatic carbocycles. The molecule has 1 saturated carbocycles. The summed E-state index contributed by atoms with van der Waals surface area (Å²) < 4.78 is 56.2. The quantitative estimate of drug-likeness (QED) is 0.764. The number of para-hydroxylation sites is 2. The topological polar surface area (TPSA) is 56.2 Å². The van der Waals surface area contributed by atoms with E-state index in [1.165, 1.54) is 30.3 Å². The number of aromatic nitrogens is 2. The van der Waals surface area contributed by atoms with Crippen molar-refractivity contribution in [3.63, 3.8) is 0 Å². The van der Waals surface area contributed by atoms with Crippen LogP contribution in [-0.2, 0) is 11.3 Å². The van der Waals surface area contributed by atoms with Crippen molar-refractivity contribution in [1.29, 1.82) is 0 Å². The standard InChI is InChI=1S/C16H15F4N3O2/c17-15(18)12-7-11(9-5-6-9)22-23(12)8-14(24)21-10-3-1-2-4-13(10)25-16(19)20/h1-4,7,9,15-16H,5-6,8H2,(H,21,24). The second-order valence-corrected chi connectivity index (χ2v) is 5.65. The van der Waals surface area contributed by atoms with Gasteiger partial charge in [0.05, 0.1) is 11.4 Å². The third-order valence-corrected chi connectivity index (χ3v) is 3.72. The number of halogens is 4. The van der Waals surface area contributed by atoms with Crippen LogP contribution >= 0.6 is 0 Å². The number of rotatable bonds is 7. The van der Waals surface area contributed by atoms with Crippen LogP contribution < -0.4 is 10.1 Å². The Morgan fingerprint density at radius 1 is 1.28 bits per heavy atom. The molecule has 1 fully saturated rings. The molecule has 0 atom stereocenters. The van der Waals surface area contributed by atoms with Gasteiger partial charge < -0.3 is 10.1 Å². The molecule has 9 heteroatoms. The zero-order valence-electron chi connectivity index (χ0n) is 13.0. The molecule has 134 valence electrons. The number of alkyl halides is 4. The second kappa shape index (κ2) is 7.12. The van der Waals surface area contributed by atoms with Crippen molar-refractivity contribution in [3.8, 4) is 5.75 Å². The number of anilines is 1. The van der Waals surface area contributed by atoms with Crippen LogP contribution in [-0.4, -0.2) is 22.3 Å². The summed E-state index contributed by atoms with van der Waals surface area (Å²) in [6, 6.07) is 6.95. The highest BCUT2D eigenvalue weighted by atomic mass is 19.3. The van der Waals surface area contributed by atoms with E-state index in [2.05, 4.69) is 15.2 Å². The molecule has 25 heavy (non-hydrogen) atoms. The Kier molecular flexibility index (Phi) is 4.91. The number of nitrogens with one attached hydrogen (secondary N) is 1. The van der Waals surface area contributed by atoms with Gasteiger partial charge in [-0.1, -0.05) is 12.1 Å². The van der Waals surface area contributed by atoms with Gasteiger partial charge in [-0.15, -0.1) is 0 Å². The molecule has 0 radical (unpaired) electrons. The van der Waals surface area contributed by atoms with E-state index in [0.29, 0.717) is 5.69 Å². The Labute approximate surface area is 140 Å². The summed E-state index contributed by atoms with van der Waals surface area (Å²) in [4.78, 5) is 12.1. The predicted molar refractivity (Wildman–Crippen MR) is 80.9 cm³/mol. The molecule has 1 N–H and O–H groups in total. The molecule has 1 aromatic heterocycles. The first-order valence-electron chi connectivity index (χ1n) is 7.63. The number of benzene rings is 1. The van der Waals surface area contributed by atoms with Crippen molar-refractivity contribution >= 4 is 11.6 Å². The van der Waals surface area contributed by atoms with E-state index < -0.39 is 25.5 Å². The van der Waals surface area contributed by atoms with Gasteiger partial charge in [0.25, 0.3) is 6.43 Å². The molecule has 1 amide bonds. The number of carbonyl (C=O) groups is 1. The summed E-state index contributed by atoms with van der Waals surface area (Å²) in [6.45, 7) is -3.49. The van der Waals surface area contributed by atoms with E-state index in [4.69, 9.17) is 0 Å². The van der Waals surface area contributed by atoms with Gasteiger partial charge in [0.2, 0.25) is 5.91 Å². The van der Waals surface area contributed by atoms with Crippen molar-refractivity contribution in [3.05, 3.63) is 41.7 Å². The van der Waals surface area contributed by atoms with Crippen LogP contribution in [0.15, 0.2) is 30.3 Å². The van der Waals surface area contributed by atoms with Crippen LogP contribution in [0.2, 0.25) is 0 Å². The molecule has 0 saturated heterocycles. The van der Waals surface area contributed by atoms with Gasteiger partial charge >= 0.3 is 6.61 Å². The lowest BCUT2D eigenvalue weighted by atomic mass is 10.2. The fourth-order valence-electron chi connectivity index (χ4n) is 2.43. The maximum absolute atomic E-state index is 13.1. The number of nitrogens with zero attached hydrogens (tertiary/aromatic N) is 2. The van der Waals surface area contributed by atoms with Gasteiger partial charge in [-0.25, -0.2) is 8.78 Å². The van der Waals surface area contributed by atoms with Gasteiger partial charge in [0.1, 0.15) is 18.0 Å². The second-order valence-electron chi connectivity index (χ2n) is 5.65. The van der Waals surface area contributed by atoms with Crippen LogP contribution in [0.5, 0.6) is 5.75 Å². The zero-order chi connectivity index (χ0) is 18.0. The van der Waals surface area contributed by atoms with Gasteiger partial charge in [0, 0.05) is 5.92 Å². The average molecular weight is 357 g/mol. The predicted octanol–water partition coefficient (Wildman–Crippen LogP) is 3.94. The van der Waals surface area contributed by atoms with Crippen LogP contribution in [0.25, 0.3) is 0 Å². The average Bonchev–Trinajstić information content (AvgIpc) is 3.30. The van der Waals surface area contributed by atoms with Gasteiger partial charge in [-0.05, 0) is 31.0 Å². The smallest absolute Gasteiger partial charge is 0.387 e. The summed E-state index contributed by atoms with van der Waals surface area (Å²) in [6.07, 6.45) is -0.976. The summed E-state index contributed by atoms with van der Waals surface area (Å²) in [5, 5.41) is 6.45. The Balaban J connectivity index is 1.73. The lowest BCUT2D eigenvalue weighted by molar-refractivity contribution is -0.117. The molecular weight excluding hydrogens is 342 g/mol. The highest BCUT2D eigenvalue weighted by Crippen LogP contribution is 2.40. The lowest BCUT2D eigenvalue weighted by Crippen LogP contribution is -2.21. The summed E-state index contributed by atoms with van der Waals surface area (Å²) in [5.41, 5.74) is 0.236. The molecule has 3 rings (SSSR count). The van der Waals surface area contributed by atoms with E-state index >= 15 is 0 Å². The minimum absolute atomic E-state index is 0.0287. The first kappa shape index (κ1) is 17.2. The first-order valence-corrected chi connectivity index (χ1v) is 7.63. The molecule has 1 aliphatic rings. The molecule has 0 aliphatic heterocycles. The Hall–Kier alpha value is -2.58. The third kappa shape index (κ3) is 4.28. The highest BCUT2D eigenvalue weighted by molar-refractivity contribution is 5.92. The molecule has 5 nitrogen and oxygen atoms in total. The normalized spacial score (nSPS) is 14.2. The summed E-state index contributed by atoms with van der Waals surface area (Å²) in [5.74, 6) is -0.710. The number of carbonyl (C=O) groups excluding carboxylic acids is 1. The van der Waals surface area contributed by atoms with E-state index in [1.54, 1.807) is 0 Å². The van der Waals surface area contributed by atoms with E-state index in [9.17, 15) is 22.4 Å². The number of ether oxygens (including phenoxy) is 1.